The molecular weight excluding hydrogens is 344 g/mol. The van der Waals surface area contributed by atoms with E-state index in [-0.39, 0.29) is 17.6 Å². The summed E-state index contributed by atoms with van der Waals surface area (Å²) in [5, 5.41) is 11.5. The second-order valence-electron chi connectivity index (χ2n) is 6.04. The minimum Gasteiger partial charge on any atom is -0.480 e. The molecule has 130 valence electrons. The number of rotatable bonds is 4. The van der Waals surface area contributed by atoms with Crippen LogP contribution in [0.25, 0.3) is 0 Å². The Bertz CT molecular complexity index is 840. The predicted octanol–water partition coefficient (Wildman–Crippen LogP) is 3.77. The predicted molar refractivity (Wildman–Crippen MR) is 93.9 cm³/mol. The molecule has 0 saturated heterocycles. The molecule has 0 spiro atoms. The Kier molecular flexibility index (Phi) is 4.63. The lowest BCUT2D eigenvalue weighted by atomic mass is 10.0. The number of halogens is 1. The van der Waals surface area contributed by atoms with Crippen molar-refractivity contribution in [1.29, 1.82) is 0 Å². The van der Waals surface area contributed by atoms with Gasteiger partial charge in [0, 0.05) is 30.6 Å². The molecule has 0 fully saturated rings. The van der Waals surface area contributed by atoms with Crippen LogP contribution in [-0.2, 0) is 11.2 Å². The summed E-state index contributed by atoms with van der Waals surface area (Å²) < 4.78 is 5.73. The van der Waals surface area contributed by atoms with Crippen LogP contribution in [0.4, 0.5) is 5.69 Å². The number of benzene rings is 2. The van der Waals surface area contributed by atoms with Crippen molar-refractivity contribution in [2.24, 2.45) is 0 Å². The Hall–Kier alpha value is -2.60. The van der Waals surface area contributed by atoms with Crippen molar-refractivity contribution in [3.8, 4) is 5.75 Å². The molecule has 7 heteroatoms. The van der Waals surface area contributed by atoms with Crippen LogP contribution in [0.15, 0.2) is 42.5 Å². The quantitative estimate of drug-likeness (QED) is 0.614. The van der Waals surface area contributed by atoms with Crippen LogP contribution in [0.1, 0.15) is 24.1 Å². The molecule has 6 nitrogen and oxygen atoms in total. The second kappa shape index (κ2) is 6.72. The van der Waals surface area contributed by atoms with E-state index in [1.807, 2.05) is 6.92 Å². The first-order chi connectivity index (χ1) is 11.9. The minimum atomic E-state index is -0.611. The maximum Gasteiger partial charge on any atom is 0.269 e. The number of fused-ring (bicyclic) bond motifs is 1. The molecule has 0 radical (unpaired) electrons. The summed E-state index contributed by atoms with van der Waals surface area (Å²) in [6.45, 7) is 1.83. The Morgan fingerprint density at radius 1 is 1.36 bits per heavy atom. The van der Waals surface area contributed by atoms with Crippen LogP contribution < -0.4 is 4.74 Å². The van der Waals surface area contributed by atoms with Gasteiger partial charge in [0.15, 0.2) is 6.10 Å². The number of carbonyl (C=O) groups excluding carboxylic acids is 1. The average Bonchev–Trinajstić information content (AvgIpc) is 3.02. The SMILES string of the molecule is CC(c1cccc([N+](=O)[O-])c1)N(C)C(=O)C1Cc2cc(Cl)ccc2O1. The van der Waals surface area contributed by atoms with Gasteiger partial charge in [-0.2, -0.15) is 0 Å². The largest absolute Gasteiger partial charge is 0.480 e. The van der Waals surface area contributed by atoms with Gasteiger partial charge in [-0.15, -0.1) is 0 Å². The van der Waals surface area contributed by atoms with E-state index in [9.17, 15) is 14.9 Å². The molecular formula is C18H17ClN2O4. The zero-order valence-electron chi connectivity index (χ0n) is 13.8. The van der Waals surface area contributed by atoms with E-state index in [0.717, 1.165) is 5.56 Å². The van der Waals surface area contributed by atoms with Crippen LogP contribution >= 0.6 is 11.6 Å². The maximum atomic E-state index is 12.8. The number of nitrogens with zero attached hydrogens (tertiary/aromatic N) is 2. The van der Waals surface area contributed by atoms with Gasteiger partial charge in [-0.3, -0.25) is 14.9 Å². The Balaban J connectivity index is 1.75. The molecule has 0 aromatic heterocycles. The van der Waals surface area contributed by atoms with Gasteiger partial charge in [-0.25, -0.2) is 0 Å². The Morgan fingerprint density at radius 3 is 2.84 bits per heavy atom. The first kappa shape index (κ1) is 17.2. The van der Waals surface area contributed by atoms with Crippen molar-refractivity contribution in [3.63, 3.8) is 0 Å². The molecule has 0 N–H and O–H groups in total. The van der Waals surface area contributed by atoms with Crippen LogP contribution in [0.2, 0.25) is 5.02 Å². The third-order valence-corrected chi connectivity index (χ3v) is 4.70. The number of carbonyl (C=O) groups is 1. The Labute approximate surface area is 150 Å². The average molecular weight is 361 g/mol. The van der Waals surface area contributed by atoms with Crippen LogP contribution in [0.5, 0.6) is 5.75 Å². The number of nitro groups is 1. The van der Waals surface area contributed by atoms with Gasteiger partial charge in [-0.05, 0) is 36.2 Å². The molecule has 2 atom stereocenters. The van der Waals surface area contributed by atoms with Gasteiger partial charge >= 0.3 is 0 Å². The van der Waals surface area contributed by atoms with Crippen LogP contribution in [-0.4, -0.2) is 28.9 Å². The Morgan fingerprint density at radius 2 is 2.12 bits per heavy atom. The number of likely N-dealkylation sites (N-methyl/N-ethyl adjacent to an activating group) is 1. The molecule has 0 aliphatic carbocycles. The van der Waals surface area contributed by atoms with Crippen LogP contribution in [0, 0.1) is 10.1 Å². The summed E-state index contributed by atoms with van der Waals surface area (Å²) in [4.78, 5) is 24.8. The highest BCUT2D eigenvalue weighted by Crippen LogP contribution is 2.33. The molecule has 2 aromatic carbocycles. The number of nitro benzene ring substituents is 1. The zero-order chi connectivity index (χ0) is 18.1. The number of ether oxygens (including phenoxy) is 1. The number of non-ortho nitro benzene ring substituents is 1. The van der Waals surface area contributed by atoms with E-state index in [2.05, 4.69) is 0 Å². The zero-order valence-corrected chi connectivity index (χ0v) is 14.6. The first-order valence-electron chi connectivity index (χ1n) is 7.83. The minimum absolute atomic E-state index is 0.00404. The highest BCUT2D eigenvalue weighted by atomic mass is 35.5. The molecule has 25 heavy (non-hydrogen) atoms. The first-order valence-corrected chi connectivity index (χ1v) is 8.20. The lowest BCUT2D eigenvalue weighted by Crippen LogP contribution is -2.40. The number of hydrogen-bond acceptors (Lipinski definition) is 4. The third-order valence-electron chi connectivity index (χ3n) is 4.46. The van der Waals surface area contributed by atoms with E-state index in [4.69, 9.17) is 16.3 Å². The van der Waals surface area contributed by atoms with Crippen molar-refractivity contribution in [2.75, 3.05) is 7.05 Å². The molecule has 3 rings (SSSR count). The summed E-state index contributed by atoms with van der Waals surface area (Å²) in [5.41, 5.74) is 1.61. The van der Waals surface area contributed by atoms with Gasteiger partial charge < -0.3 is 9.64 Å². The van der Waals surface area contributed by atoms with Gasteiger partial charge in [0.2, 0.25) is 0 Å². The fraction of sp³-hybridized carbons (Fsp3) is 0.278. The number of amides is 1. The van der Waals surface area contributed by atoms with Crippen molar-refractivity contribution < 1.29 is 14.5 Å². The third kappa shape index (κ3) is 3.44. The molecule has 0 bridgehead atoms. The van der Waals surface area contributed by atoms with E-state index < -0.39 is 11.0 Å². The summed E-state index contributed by atoms with van der Waals surface area (Å²) in [6, 6.07) is 11.3. The van der Waals surface area contributed by atoms with E-state index in [1.165, 1.54) is 12.1 Å². The molecule has 1 aliphatic rings. The lowest BCUT2D eigenvalue weighted by molar-refractivity contribution is -0.384. The molecule has 1 amide bonds. The van der Waals surface area contributed by atoms with Gasteiger partial charge in [-0.1, -0.05) is 23.7 Å². The van der Waals surface area contributed by atoms with Crippen molar-refractivity contribution >= 4 is 23.2 Å². The van der Waals surface area contributed by atoms with E-state index in [0.29, 0.717) is 22.8 Å². The van der Waals surface area contributed by atoms with Gasteiger partial charge in [0.05, 0.1) is 11.0 Å². The van der Waals surface area contributed by atoms with Gasteiger partial charge in [0.25, 0.3) is 11.6 Å². The molecule has 0 saturated carbocycles. The van der Waals surface area contributed by atoms with Crippen molar-refractivity contribution in [1.82, 2.24) is 4.90 Å². The summed E-state index contributed by atoms with van der Waals surface area (Å²) in [6.07, 6.45) is -0.152. The molecule has 1 aliphatic heterocycles. The standard InChI is InChI=1S/C18H17ClN2O4/c1-11(12-4-3-5-15(9-12)21(23)24)20(2)18(22)17-10-13-8-14(19)6-7-16(13)25-17/h3-9,11,17H,10H2,1-2H3. The van der Waals surface area contributed by atoms with Gasteiger partial charge in [0.1, 0.15) is 5.75 Å². The molecule has 2 aromatic rings. The van der Waals surface area contributed by atoms with Crippen molar-refractivity contribution in [3.05, 3.63) is 68.7 Å². The molecule has 2 unspecified atom stereocenters. The highest BCUT2D eigenvalue weighted by Gasteiger charge is 2.33. The van der Waals surface area contributed by atoms with Crippen LogP contribution in [0.3, 0.4) is 0 Å². The highest BCUT2D eigenvalue weighted by molar-refractivity contribution is 6.30. The molecule has 1 heterocycles. The smallest absolute Gasteiger partial charge is 0.269 e. The number of hydrogen-bond donors (Lipinski definition) is 0. The summed E-state index contributed by atoms with van der Waals surface area (Å²) >= 11 is 5.98. The fourth-order valence-corrected chi connectivity index (χ4v) is 3.09. The van der Waals surface area contributed by atoms with E-state index >= 15 is 0 Å². The fourth-order valence-electron chi connectivity index (χ4n) is 2.89. The maximum absolute atomic E-state index is 12.8. The van der Waals surface area contributed by atoms with Crippen molar-refractivity contribution in [2.45, 2.75) is 25.5 Å². The summed E-state index contributed by atoms with van der Waals surface area (Å²) in [7, 11) is 1.67. The normalized spacial score (nSPS) is 16.7. The summed E-state index contributed by atoms with van der Waals surface area (Å²) in [5.74, 6) is 0.491. The topological polar surface area (TPSA) is 72.7 Å². The lowest BCUT2D eigenvalue weighted by Gasteiger charge is -2.27. The second-order valence-corrected chi connectivity index (χ2v) is 6.48. The van der Waals surface area contributed by atoms with E-state index in [1.54, 1.807) is 42.3 Å². The monoisotopic (exact) mass is 360 g/mol.